The van der Waals surface area contributed by atoms with E-state index in [9.17, 15) is 5.11 Å². The molecule has 3 nitrogen and oxygen atoms in total. The molecule has 0 aromatic carbocycles. The van der Waals surface area contributed by atoms with Crippen LogP contribution in [0.2, 0.25) is 0 Å². The van der Waals surface area contributed by atoms with Gasteiger partial charge in [0.15, 0.2) is 0 Å². The Kier molecular flexibility index (Phi) is 3.33. The van der Waals surface area contributed by atoms with Crippen molar-refractivity contribution in [3.63, 3.8) is 0 Å². The third-order valence-corrected chi connectivity index (χ3v) is 2.65. The van der Waals surface area contributed by atoms with Crippen molar-refractivity contribution in [3.8, 4) is 0 Å². The molecule has 0 saturated carbocycles. The normalized spacial score (nSPS) is 40.2. The Morgan fingerprint density at radius 2 is 2.15 bits per heavy atom. The highest BCUT2D eigenvalue weighted by atomic mass is 16.5. The molecule has 1 rings (SSSR count). The summed E-state index contributed by atoms with van der Waals surface area (Å²) in [5.41, 5.74) is -0.677. The van der Waals surface area contributed by atoms with Crippen LogP contribution in [-0.2, 0) is 4.74 Å². The summed E-state index contributed by atoms with van der Waals surface area (Å²) < 4.78 is 5.52. The maximum atomic E-state index is 10.2. The standard InChI is InChI=1S/C10H21NO2/c1-7(2)11-6-10(12)5-8(3)13-9(10)4/h7-9,11-12H,5-6H2,1-4H3. The molecule has 3 heteroatoms. The number of rotatable bonds is 3. The number of nitrogens with one attached hydrogen (secondary N) is 1. The van der Waals surface area contributed by atoms with Crippen LogP contribution in [0.15, 0.2) is 0 Å². The first kappa shape index (κ1) is 11.0. The van der Waals surface area contributed by atoms with Crippen molar-refractivity contribution in [2.75, 3.05) is 6.54 Å². The first-order chi connectivity index (χ1) is 5.94. The smallest absolute Gasteiger partial charge is 0.105 e. The van der Waals surface area contributed by atoms with Gasteiger partial charge in [0.1, 0.15) is 5.60 Å². The van der Waals surface area contributed by atoms with E-state index < -0.39 is 5.60 Å². The minimum atomic E-state index is -0.677. The largest absolute Gasteiger partial charge is 0.386 e. The molecule has 0 aromatic rings. The molecule has 0 amide bonds. The van der Waals surface area contributed by atoms with Crippen molar-refractivity contribution in [2.24, 2.45) is 0 Å². The van der Waals surface area contributed by atoms with E-state index >= 15 is 0 Å². The minimum absolute atomic E-state index is 0.0613. The SMILES string of the molecule is CC(C)NCC1(O)CC(C)OC1C. The van der Waals surface area contributed by atoms with Gasteiger partial charge in [-0.15, -0.1) is 0 Å². The Hall–Kier alpha value is -0.120. The lowest BCUT2D eigenvalue weighted by molar-refractivity contribution is -0.0348. The van der Waals surface area contributed by atoms with E-state index in [0.29, 0.717) is 12.6 Å². The lowest BCUT2D eigenvalue weighted by atomic mass is 9.94. The van der Waals surface area contributed by atoms with E-state index in [0.717, 1.165) is 6.42 Å². The van der Waals surface area contributed by atoms with Gasteiger partial charge in [0.25, 0.3) is 0 Å². The number of hydrogen-bond acceptors (Lipinski definition) is 3. The first-order valence-corrected chi connectivity index (χ1v) is 5.05. The molecule has 0 aliphatic carbocycles. The van der Waals surface area contributed by atoms with Crippen LogP contribution in [0.4, 0.5) is 0 Å². The summed E-state index contributed by atoms with van der Waals surface area (Å²) in [7, 11) is 0. The van der Waals surface area contributed by atoms with Gasteiger partial charge in [-0.2, -0.15) is 0 Å². The fraction of sp³-hybridized carbons (Fsp3) is 1.00. The van der Waals surface area contributed by atoms with Gasteiger partial charge in [-0.1, -0.05) is 13.8 Å². The summed E-state index contributed by atoms with van der Waals surface area (Å²) in [6, 6.07) is 0.409. The van der Waals surface area contributed by atoms with Gasteiger partial charge in [-0.05, 0) is 13.8 Å². The molecule has 1 aliphatic rings. The summed E-state index contributed by atoms with van der Waals surface area (Å²) >= 11 is 0. The monoisotopic (exact) mass is 187 g/mol. The Morgan fingerprint density at radius 1 is 1.54 bits per heavy atom. The van der Waals surface area contributed by atoms with Crippen molar-refractivity contribution in [1.82, 2.24) is 5.32 Å². The lowest BCUT2D eigenvalue weighted by Crippen LogP contribution is -2.47. The maximum absolute atomic E-state index is 10.2. The van der Waals surface area contributed by atoms with Crippen LogP contribution in [-0.4, -0.2) is 35.5 Å². The second-order valence-corrected chi connectivity index (χ2v) is 4.43. The molecule has 78 valence electrons. The molecule has 1 saturated heterocycles. The van der Waals surface area contributed by atoms with Crippen LogP contribution in [0.1, 0.15) is 34.1 Å². The molecule has 1 aliphatic heterocycles. The summed E-state index contributed by atoms with van der Waals surface area (Å²) in [6.45, 7) is 8.71. The average molecular weight is 187 g/mol. The fourth-order valence-corrected chi connectivity index (χ4v) is 1.78. The van der Waals surface area contributed by atoms with Crippen LogP contribution in [0, 0.1) is 0 Å². The van der Waals surface area contributed by atoms with Gasteiger partial charge in [-0.25, -0.2) is 0 Å². The topological polar surface area (TPSA) is 41.5 Å². The zero-order valence-corrected chi connectivity index (χ0v) is 9.00. The second kappa shape index (κ2) is 3.95. The molecule has 1 fully saturated rings. The zero-order chi connectivity index (χ0) is 10.1. The van der Waals surface area contributed by atoms with Crippen LogP contribution < -0.4 is 5.32 Å². The van der Waals surface area contributed by atoms with Gasteiger partial charge in [-0.3, -0.25) is 0 Å². The van der Waals surface area contributed by atoms with Gasteiger partial charge in [0.05, 0.1) is 12.2 Å². The van der Waals surface area contributed by atoms with Crippen molar-refractivity contribution in [2.45, 2.75) is 58.0 Å². The number of aliphatic hydroxyl groups is 1. The fourth-order valence-electron chi connectivity index (χ4n) is 1.78. The molecule has 0 bridgehead atoms. The minimum Gasteiger partial charge on any atom is -0.386 e. The average Bonchev–Trinajstić information content (AvgIpc) is 2.23. The lowest BCUT2D eigenvalue weighted by Gasteiger charge is -2.27. The van der Waals surface area contributed by atoms with Gasteiger partial charge in [0, 0.05) is 19.0 Å². The highest BCUT2D eigenvalue weighted by molar-refractivity contribution is 4.94. The molecular weight excluding hydrogens is 166 g/mol. The Labute approximate surface area is 80.5 Å². The van der Waals surface area contributed by atoms with E-state index in [1.165, 1.54) is 0 Å². The molecule has 3 atom stereocenters. The van der Waals surface area contributed by atoms with Crippen LogP contribution in [0.3, 0.4) is 0 Å². The summed E-state index contributed by atoms with van der Waals surface area (Å²) in [5.74, 6) is 0. The van der Waals surface area contributed by atoms with Crippen LogP contribution in [0.25, 0.3) is 0 Å². The van der Waals surface area contributed by atoms with E-state index in [1.807, 2.05) is 13.8 Å². The van der Waals surface area contributed by atoms with E-state index in [4.69, 9.17) is 4.74 Å². The van der Waals surface area contributed by atoms with Crippen molar-refractivity contribution in [1.29, 1.82) is 0 Å². The molecule has 2 N–H and O–H groups in total. The second-order valence-electron chi connectivity index (χ2n) is 4.43. The van der Waals surface area contributed by atoms with Crippen LogP contribution in [0.5, 0.6) is 0 Å². The van der Waals surface area contributed by atoms with Crippen molar-refractivity contribution < 1.29 is 9.84 Å². The summed E-state index contributed by atoms with van der Waals surface area (Å²) in [6.07, 6.45) is 0.844. The third-order valence-electron chi connectivity index (χ3n) is 2.65. The number of hydrogen-bond donors (Lipinski definition) is 2. The first-order valence-electron chi connectivity index (χ1n) is 5.05. The molecule has 0 aromatic heterocycles. The summed E-state index contributed by atoms with van der Waals surface area (Å²) in [5, 5.41) is 13.4. The molecule has 0 spiro atoms. The third kappa shape index (κ3) is 2.66. The van der Waals surface area contributed by atoms with Crippen molar-refractivity contribution in [3.05, 3.63) is 0 Å². The van der Waals surface area contributed by atoms with Gasteiger partial charge >= 0.3 is 0 Å². The van der Waals surface area contributed by atoms with Gasteiger partial charge in [0.2, 0.25) is 0 Å². The molecule has 13 heavy (non-hydrogen) atoms. The Morgan fingerprint density at radius 3 is 2.54 bits per heavy atom. The highest BCUT2D eigenvalue weighted by Crippen LogP contribution is 2.29. The highest BCUT2D eigenvalue weighted by Gasteiger charge is 2.42. The predicted molar refractivity (Wildman–Crippen MR) is 52.7 cm³/mol. The molecular formula is C10H21NO2. The molecule has 1 heterocycles. The molecule has 0 radical (unpaired) electrons. The summed E-state index contributed by atoms with van der Waals surface area (Å²) in [4.78, 5) is 0. The quantitative estimate of drug-likeness (QED) is 0.690. The van der Waals surface area contributed by atoms with E-state index in [-0.39, 0.29) is 12.2 Å². The predicted octanol–water partition coefficient (Wildman–Crippen LogP) is 0.913. The maximum Gasteiger partial charge on any atom is 0.105 e. The van der Waals surface area contributed by atoms with Crippen molar-refractivity contribution >= 4 is 0 Å². The van der Waals surface area contributed by atoms with E-state index in [1.54, 1.807) is 0 Å². The van der Waals surface area contributed by atoms with Crippen LogP contribution >= 0.6 is 0 Å². The zero-order valence-electron chi connectivity index (χ0n) is 9.00. The molecule has 3 unspecified atom stereocenters. The Bertz CT molecular complexity index is 172. The number of ether oxygens (including phenoxy) is 1. The van der Waals surface area contributed by atoms with Gasteiger partial charge < -0.3 is 15.2 Å². The Balaban J connectivity index is 2.45. The van der Waals surface area contributed by atoms with E-state index in [2.05, 4.69) is 19.2 Å².